The zero-order chi connectivity index (χ0) is 16.9. The van der Waals surface area contributed by atoms with E-state index in [9.17, 15) is 9.59 Å². The van der Waals surface area contributed by atoms with E-state index < -0.39 is 0 Å². The molecule has 2 heterocycles. The fraction of sp³-hybridized carbons (Fsp3) is 0.333. The van der Waals surface area contributed by atoms with Gasteiger partial charge in [0.2, 0.25) is 0 Å². The molecule has 1 aliphatic heterocycles. The molecular weight excluding hydrogens is 304 g/mol. The smallest absolute Gasteiger partial charge is 0.274 e. The Morgan fingerprint density at radius 3 is 2.21 bits per heavy atom. The first-order chi connectivity index (χ1) is 11.6. The third-order valence-corrected chi connectivity index (χ3v) is 4.15. The van der Waals surface area contributed by atoms with Crippen LogP contribution in [-0.4, -0.2) is 57.8 Å². The summed E-state index contributed by atoms with van der Waals surface area (Å²) in [6.45, 7) is 4.30. The molecule has 3 rings (SSSR count). The number of aromatic nitrogens is 2. The molecule has 2 aromatic rings. The Kier molecular flexibility index (Phi) is 4.84. The van der Waals surface area contributed by atoms with Gasteiger partial charge < -0.3 is 9.80 Å². The van der Waals surface area contributed by atoms with Gasteiger partial charge >= 0.3 is 0 Å². The van der Waals surface area contributed by atoms with Crippen LogP contribution in [0.1, 0.15) is 32.8 Å². The molecule has 1 saturated heterocycles. The van der Waals surface area contributed by atoms with Gasteiger partial charge in [-0.25, -0.2) is 4.98 Å². The fourth-order valence-electron chi connectivity index (χ4n) is 2.77. The van der Waals surface area contributed by atoms with Crippen LogP contribution >= 0.6 is 0 Å². The Morgan fingerprint density at radius 2 is 1.58 bits per heavy atom. The largest absolute Gasteiger partial charge is 0.337 e. The molecule has 6 nitrogen and oxygen atoms in total. The summed E-state index contributed by atoms with van der Waals surface area (Å²) in [6, 6.07) is 7.58. The molecule has 2 amide bonds. The zero-order valence-electron chi connectivity index (χ0n) is 13.7. The SMILES string of the molecule is Cc1ccc(C(=O)N2CCCN(C(=O)c3cnccn3)CC2)cc1. The highest BCUT2D eigenvalue weighted by atomic mass is 16.2. The van der Waals surface area contributed by atoms with Crippen molar-refractivity contribution in [1.82, 2.24) is 19.8 Å². The van der Waals surface area contributed by atoms with Gasteiger partial charge in [0.25, 0.3) is 11.8 Å². The van der Waals surface area contributed by atoms with Crippen LogP contribution in [0, 0.1) is 6.92 Å². The standard InChI is InChI=1S/C18H20N4O2/c1-14-3-5-15(6-4-14)17(23)21-9-2-10-22(12-11-21)18(24)16-13-19-7-8-20-16/h3-8,13H,2,9-12H2,1H3. The molecule has 1 aliphatic rings. The van der Waals surface area contributed by atoms with Crippen molar-refractivity contribution in [1.29, 1.82) is 0 Å². The lowest BCUT2D eigenvalue weighted by atomic mass is 10.1. The number of nitrogens with zero attached hydrogens (tertiary/aromatic N) is 4. The van der Waals surface area contributed by atoms with Gasteiger partial charge in [0.15, 0.2) is 0 Å². The van der Waals surface area contributed by atoms with E-state index >= 15 is 0 Å². The van der Waals surface area contributed by atoms with Crippen LogP contribution < -0.4 is 0 Å². The van der Waals surface area contributed by atoms with E-state index in [1.54, 1.807) is 11.1 Å². The van der Waals surface area contributed by atoms with Gasteiger partial charge in [-0.1, -0.05) is 17.7 Å². The summed E-state index contributed by atoms with van der Waals surface area (Å²) < 4.78 is 0. The van der Waals surface area contributed by atoms with Gasteiger partial charge in [0.1, 0.15) is 5.69 Å². The number of hydrogen-bond donors (Lipinski definition) is 0. The van der Waals surface area contributed by atoms with Gasteiger partial charge in [-0.15, -0.1) is 0 Å². The number of hydrogen-bond acceptors (Lipinski definition) is 4. The first-order valence-electron chi connectivity index (χ1n) is 8.06. The van der Waals surface area contributed by atoms with Crippen LogP contribution in [0.15, 0.2) is 42.9 Å². The average Bonchev–Trinajstić information content (AvgIpc) is 2.88. The molecule has 0 unspecified atom stereocenters. The Bertz CT molecular complexity index is 716. The summed E-state index contributed by atoms with van der Waals surface area (Å²) in [6.07, 6.45) is 5.28. The Hall–Kier alpha value is -2.76. The van der Waals surface area contributed by atoms with Crippen molar-refractivity contribution in [2.45, 2.75) is 13.3 Å². The number of rotatable bonds is 2. The Balaban J connectivity index is 1.65. The number of benzene rings is 1. The van der Waals surface area contributed by atoms with Crippen molar-refractivity contribution >= 4 is 11.8 Å². The molecule has 1 aromatic heterocycles. The molecule has 0 saturated carbocycles. The number of carbonyl (C=O) groups is 2. The van der Waals surface area contributed by atoms with Crippen LogP contribution in [0.5, 0.6) is 0 Å². The van der Waals surface area contributed by atoms with E-state index in [-0.39, 0.29) is 11.8 Å². The summed E-state index contributed by atoms with van der Waals surface area (Å²) in [4.78, 5) is 36.6. The first kappa shape index (κ1) is 16.1. The highest BCUT2D eigenvalue weighted by Crippen LogP contribution is 2.12. The van der Waals surface area contributed by atoms with Crippen LogP contribution in [0.4, 0.5) is 0 Å². The predicted octanol–water partition coefficient (Wildman–Crippen LogP) is 1.77. The third-order valence-electron chi connectivity index (χ3n) is 4.15. The maximum Gasteiger partial charge on any atom is 0.274 e. The number of amides is 2. The first-order valence-corrected chi connectivity index (χ1v) is 8.06. The maximum absolute atomic E-state index is 12.6. The summed E-state index contributed by atoms with van der Waals surface area (Å²) >= 11 is 0. The molecule has 0 aliphatic carbocycles. The summed E-state index contributed by atoms with van der Waals surface area (Å²) in [5.74, 6) is -0.114. The van der Waals surface area contributed by atoms with Crippen molar-refractivity contribution in [3.63, 3.8) is 0 Å². The van der Waals surface area contributed by atoms with Crippen molar-refractivity contribution in [2.75, 3.05) is 26.2 Å². The second kappa shape index (κ2) is 7.21. The quantitative estimate of drug-likeness (QED) is 0.844. The molecule has 0 spiro atoms. The second-order valence-corrected chi connectivity index (χ2v) is 5.89. The summed E-state index contributed by atoms with van der Waals surface area (Å²) in [7, 11) is 0. The molecule has 124 valence electrons. The van der Waals surface area contributed by atoms with E-state index in [1.807, 2.05) is 36.1 Å². The van der Waals surface area contributed by atoms with Crippen molar-refractivity contribution in [2.24, 2.45) is 0 Å². The van der Waals surface area contributed by atoms with Crippen LogP contribution in [0.2, 0.25) is 0 Å². The molecule has 0 bridgehead atoms. The highest BCUT2D eigenvalue weighted by Gasteiger charge is 2.24. The molecular formula is C18H20N4O2. The minimum atomic E-state index is -0.132. The summed E-state index contributed by atoms with van der Waals surface area (Å²) in [5, 5.41) is 0. The molecule has 0 N–H and O–H groups in total. The van der Waals surface area contributed by atoms with E-state index in [0.717, 1.165) is 12.0 Å². The number of carbonyl (C=O) groups excluding carboxylic acids is 2. The fourth-order valence-corrected chi connectivity index (χ4v) is 2.77. The van der Waals surface area contributed by atoms with Gasteiger partial charge in [0.05, 0.1) is 6.20 Å². The minimum Gasteiger partial charge on any atom is -0.337 e. The molecule has 1 aromatic carbocycles. The summed E-state index contributed by atoms with van der Waals surface area (Å²) in [5.41, 5.74) is 2.16. The third kappa shape index (κ3) is 3.59. The second-order valence-electron chi connectivity index (χ2n) is 5.89. The monoisotopic (exact) mass is 324 g/mol. The van der Waals surface area contributed by atoms with E-state index in [2.05, 4.69) is 9.97 Å². The van der Waals surface area contributed by atoms with Crippen LogP contribution in [0.3, 0.4) is 0 Å². The maximum atomic E-state index is 12.6. The minimum absolute atomic E-state index is 0.0174. The van der Waals surface area contributed by atoms with Crippen molar-refractivity contribution in [3.8, 4) is 0 Å². The van der Waals surface area contributed by atoms with E-state index in [4.69, 9.17) is 0 Å². The van der Waals surface area contributed by atoms with Gasteiger partial charge in [-0.05, 0) is 25.5 Å². The van der Waals surface area contributed by atoms with Crippen molar-refractivity contribution < 1.29 is 9.59 Å². The normalized spacial score (nSPS) is 15.0. The van der Waals surface area contributed by atoms with Gasteiger partial charge in [-0.2, -0.15) is 0 Å². The Morgan fingerprint density at radius 1 is 0.917 bits per heavy atom. The lowest BCUT2D eigenvalue weighted by molar-refractivity contribution is 0.0715. The van der Waals surface area contributed by atoms with Gasteiger partial charge in [0, 0.05) is 44.1 Å². The average molecular weight is 324 g/mol. The van der Waals surface area contributed by atoms with Crippen LogP contribution in [-0.2, 0) is 0 Å². The molecule has 1 fully saturated rings. The number of aryl methyl sites for hydroxylation is 1. The highest BCUT2D eigenvalue weighted by molar-refractivity contribution is 5.94. The molecule has 0 radical (unpaired) electrons. The molecule has 6 heteroatoms. The molecule has 0 atom stereocenters. The lowest BCUT2D eigenvalue weighted by Gasteiger charge is -2.22. The van der Waals surface area contributed by atoms with Crippen molar-refractivity contribution in [3.05, 3.63) is 59.7 Å². The predicted molar refractivity (Wildman–Crippen MR) is 89.6 cm³/mol. The molecule has 24 heavy (non-hydrogen) atoms. The topological polar surface area (TPSA) is 66.4 Å². The van der Waals surface area contributed by atoms with Gasteiger partial charge in [-0.3, -0.25) is 14.6 Å². The van der Waals surface area contributed by atoms with E-state index in [1.165, 1.54) is 12.4 Å². The Labute approximate surface area is 141 Å². The lowest BCUT2D eigenvalue weighted by Crippen LogP contribution is -2.37. The van der Waals surface area contributed by atoms with Crippen LogP contribution in [0.25, 0.3) is 0 Å². The van der Waals surface area contributed by atoms with E-state index in [0.29, 0.717) is 37.4 Å². The zero-order valence-corrected chi connectivity index (χ0v) is 13.7.